The number of benzene rings is 3. The van der Waals surface area contributed by atoms with Crippen LogP contribution in [0, 0.1) is 18.3 Å². The first kappa shape index (κ1) is 28.1. The molecular formula is C27H17ClF3N3O6. The van der Waals surface area contributed by atoms with Crippen molar-refractivity contribution < 1.29 is 37.7 Å². The number of aromatic nitrogens is 2. The molecule has 3 aromatic carbocycles. The molecule has 4 rings (SSSR count). The molecule has 40 heavy (non-hydrogen) atoms. The standard InChI is InChI=1S/C27H17ClF3N3O6/c1-13-33-21-10-16(27(29,30)31)8-15(12-32)23(21)24(35)34(13)6-7-40-22-5-3-17(28)11-19(22)14-2-4-18(25(36)37)20(9-14)26(38)39/h2-5,8-11H,6-7H2,1H3,(H,36,37)(H,38,39). The third-order valence-corrected chi connectivity index (χ3v) is 6.24. The third kappa shape index (κ3) is 5.45. The Hall–Kier alpha value is -4.89. The minimum atomic E-state index is -4.73. The van der Waals surface area contributed by atoms with Gasteiger partial charge in [-0.05, 0) is 55.0 Å². The zero-order valence-electron chi connectivity index (χ0n) is 20.4. The van der Waals surface area contributed by atoms with Gasteiger partial charge in [-0.25, -0.2) is 14.6 Å². The summed E-state index contributed by atoms with van der Waals surface area (Å²) in [6, 6.07) is 11.2. The molecule has 0 aliphatic carbocycles. The number of carboxylic acids is 2. The number of aryl methyl sites for hydroxylation is 1. The normalized spacial score (nSPS) is 11.3. The van der Waals surface area contributed by atoms with Crippen molar-refractivity contribution in [3.05, 3.63) is 92.0 Å². The molecule has 1 aromatic heterocycles. The maximum Gasteiger partial charge on any atom is 0.416 e. The van der Waals surface area contributed by atoms with Crippen LogP contribution in [0.4, 0.5) is 13.2 Å². The van der Waals surface area contributed by atoms with Crippen LogP contribution in [0.5, 0.6) is 5.75 Å². The summed E-state index contributed by atoms with van der Waals surface area (Å²) >= 11 is 6.13. The van der Waals surface area contributed by atoms with Crippen LogP contribution in [0.25, 0.3) is 22.0 Å². The van der Waals surface area contributed by atoms with E-state index in [1.165, 1.54) is 37.3 Å². The first-order valence-electron chi connectivity index (χ1n) is 11.4. The van der Waals surface area contributed by atoms with Gasteiger partial charge in [0.05, 0.1) is 39.7 Å². The molecular weight excluding hydrogens is 555 g/mol. The predicted molar refractivity (Wildman–Crippen MR) is 137 cm³/mol. The van der Waals surface area contributed by atoms with Crippen LogP contribution < -0.4 is 10.3 Å². The molecule has 0 saturated carbocycles. The molecule has 0 fully saturated rings. The van der Waals surface area contributed by atoms with E-state index in [0.717, 1.165) is 10.6 Å². The Kier molecular flexibility index (Phi) is 7.53. The number of aromatic carboxylic acids is 2. The van der Waals surface area contributed by atoms with Gasteiger partial charge in [0.2, 0.25) is 0 Å². The molecule has 0 amide bonds. The van der Waals surface area contributed by atoms with Crippen LogP contribution in [0.2, 0.25) is 5.02 Å². The van der Waals surface area contributed by atoms with Crippen molar-refractivity contribution >= 4 is 34.4 Å². The average Bonchev–Trinajstić information content (AvgIpc) is 2.89. The second-order valence-electron chi connectivity index (χ2n) is 8.50. The number of nitriles is 1. The number of halogens is 4. The summed E-state index contributed by atoms with van der Waals surface area (Å²) in [5, 5.41) is 28.2. The van der Waals surface area contributed by atoms with E-state index in [4.69, 9.17) is 16.3 Å². The lowest BCUT2D eigenvalue weighted by molar-refractivity contribution is -0.137. The maximum absolute atomic E-state index is 13.2. The Labute approximate surface area is 228 Å². The van der Waals surface area contributed by atoms with Crippen LogP contribution in [0.1, 0.15) is 37.7 Å². The van der Waals surface area contributed by atoms with Crippen LogP contribution in [-0.2, 0) is 12.7 Å². The lowest BCUT2D eigenvalue weighted by Gasteiger charge is -2.16. The van der Waals surface area contributed by atoms with Gasteiger partial charge in [-0.3, -0.25) is 9.36 Å². The highest BCUT2D eigenvalue weighted by atomic mass is 35.5. The number of rotatable bonds is 7. The monoisotopic (exact) mass is 571 g/mol. The van der Waals surface area contributed by atoms with Crippen molar-refractivity contribution in [2.75, 3.05) is 6.61 Å². The van der Waals surface area contributed by atoms with Gasteiger partial charge in [-0.2, -0.15) is 18.4 Å². The summed E-state index contributed by atoms with van der Waals surface area (Å²) in [6.07, 6.45) is -4.73. The van der Waals surface area contributed by atoms with Crippen LogP contribution in [0.15, 0.2) is 53.3 Å². The van der Waals surface area contributed by atoms with Gasteiger partial charge < -0.3 is 14.9 Å². The molecule has 0 aliphatic heterocycles. The molecule has 204 valence electrons. The SMILES string of the molecule is Cc1nc2cc(C(F)(F)F)cc(C#N)c2c(=O)n1CCOc1ccc(Cl)cc1-c1ccc(C(=O)O)c(C(=O)O)c1. The number of fused-ring (bicyclic) bond motifs is 1. The molecule has 0 bridgehead atoms. The number of nitrogens with zero attached hydrogens (tertiary/aromatic N) is 3. The smallest absolute Gasteiger partial charge is 0.416 e. The van der Waals surface area contributed by atoms with Crippen molar-refractivity contribution in [1.82, 2.24) is 9.55 Å². The minimum absolute atomic E-state index is 0.0935. The van der Waals surface area contributed by atoms with E-state index >= 15 is 0 Å². The number of carbonyl (C=O) groups is 2. The molecule has 0 unspecified atom stereocenters. The fraction of sp³-hybridized carbons (Fsp3) is 0.148. The summed E-state index contributed by atoms with van der Waals surface area (Å²) in [7, 11) is 0. The first-order valence-corrected chi connectivity index (χ1v) is 11.8. The van der Waals surface area contributed by atoms with Crippen molar-refractivity contribution in [2.24, 2.45) is 0 Å². The van der Waals surface area contributed by atoms with E-state index in [9.17, 15) is 43.0 Å². The molecule has 0 spiro atoms. The molecule has 4 aromatic rings. The molecule has 0 radical (unpaired) electrons. The van der Waals surface area contributed by atoms with Crippen LogP contribution in [0.3, 0.4) is 0 Å². The molecule has 13 heteroatoms. The highest BCUT2D eigenvalue weighted by molar-refractivity contribution is 6.31. The Morgan fingerprint density at radius 2 is 1.77 bits per heavy atom. The zero-order chi connectivity index (χ0) is 29.4. The topological polar surface area (TPSA) is 143 Å². The zero-order valence-corrected chi connectivity index (χ0v) is 21.2. The molecule has 0 saturated heterocycles. The van der Waals surface area contributed by atoms with Gasteiger partial charge in [0.15, 0.2) is 0 Å². The first-order chi connectivity index (χ1) is 18.8. The Morgan fingerprint density at radius 3 is 2.40 bits per heavy atom. The number of carboxylic acid groups (broad SMARTS) is 2. The van der Waals surface area contributed by atoms with E-state index < -0.39 is 45.9 Å². The van der Waals surface area contributed by atoms with E-state index in [2.05, 4.69) is 4.98 Å². The molecule has 9 nitrogen and oxygen atoms in total. The molecule has 0 atom stereocenters. The van der Waals surface area contributed by atoms with Crippen molar-refractivity contribution in [2.45, 2.75) is 19.6 Å². The number of hydrogen-bond acceptors (Lipinski definition) is 6. The maximum atomic E-state index is 13.2. The predicted octanol–water partition coefficient (Wildman–Crippen LogP) is 5.39. The summed E-state index contributed by atoms with van der Waals surface area (Å²) in [6.45, 7) is 1.20. The van der Waals surface area contributed by atoms with E-state index in [-0.39, 0.29) is 40.7 Å². The lowest BCUT2D eigenvalue weighted by Crippen LogP contribution is -2.27. The van der Waals surface area contributed by atoms with Crippen LogP contribution >= 0.6 is 11.6 Å². The summed E-state index contributed by atoms with van der Waals surface area (Å²) in [5.74, 6) is -2.53. The van der Waals surface area contributed by atoms with Gasteiger partial charge in [0.25, 0.3) is 5.56 Å². The van der Waals surface area contributed by atoms with Gasteiger partial charge in [-0.1, -0.05) is 17.7 Å². The van der Waals surface area contributed by atoms with E-state index in [1.54, 1.807) is 6.07 Å². The van der Waals surface area contributed by atoms with Gasteiger partial charge in [0, 0.05) is 10.6 Å². The number of alkyl halides is 3. The van der Waals surface area contributed by atoms with Crippen molar-refractivity contribution in [3.8, 4) is 22.9 Å². The Balaban J connectivity index is 1.68. The minimum Gasteiger partial charge on any atom is -0.491 e. The van der Waals surface area contributed by atoms with Gasteiger partial charge in [-0.15, -0.1) is 0 Å². The summed E-state index contributed by atoms with van der Waals surface area (Å²) in [5.41, 5.74) is -2.73. The molecule has 0 aliphatic rings. The highest BCUT2D eigenvalue weighted by Crippen LogP contribution is 2.34. The van der Waals surface area contributed by atoms with E-state index in [1.807, 2.05) is 0 Å². The Bertz CT molecular complexity index is 1790. The van der Waals surface area contributed by atoms with Gasteiger partial charge in [0.1, 0.15) is 24.3 Å². The van der Waals surface area contributed by atoms with Crippen LogP contribution in [-0.4, -0.2) is 38.3 Å². The second kappa shape index (κ2) is 10.7. The summed E-state index contributed by atoms with van der Waals surface area (Å²) in [4.78, 5) is 40.3. The van der Waals surface area contributed by atoms with Gasteiger partial charge >= 0.3 is 18.1 Å². The fourth-order valence-electron chi connectivity index (χ4n) is 4.15. The second-order valence-corrected chi connectivity index (χ2v) is 8.94. The van der Waals surface area contributed by atoms with Crippen molar-refractivity contribution in [3.63, 3.8) is 0 Å². The number of hydrogen-bond donors (Lipinski definition) is 2. The molecule has 2 N–H and O–H groups in total. The summed E-state index contributed by atoms with van der Waals surface area (Å²) < 4.78 is 46.7. The highest BCUT2D eigenvalue weighted by Gasteiger charge is 2.32. The van der Waals surface area contributed by atoms with E-state index in [0.29, 0.717) is 23.3 Å². The third-order valence-electron chi connectivity index (χ3n) is 6.00. The fourth-order valence-corrected chi connectivity index (χ4v) is 4.32. The average molecular weight is 572 g/mol. The molecule has 1 heterocycles. The largest absolute Gasteiger partial charge is 0.491 e. The lowest BCUT2D eigenvalue weighted by atomic mass is 9.98. The number of ether oxygens (including phenoxy) is 1. The Morgan fingerprint density at radius 1 is 1.07 bits per heavy atom. The van der Waals surface area contributed by atoms with Crippen molar-refractivity contribution in [1.29, 1.82) is 5.26 Å². The quantitative estimate of drug-likeness (QED) is 0.300.